The molecular weight excluding hydrogens is 370 g/mol. The number of nitrogens with zero attached hydrogens (tertiary/aromatic N) is 4. The Morgan fingerprint density at radius 1 is 1.21 bits per heavy atom. The van der Waals surface area contributed by atoms with Gasteiger partial charge in [-0.05, 0) is 55.9 Å². The van der Waals surface area contributed by atoms with Crippen molar-refractivity contribution in [2.45, 2.75) is 38.2 Å². The molecule has 3 aromatic rings. The van der Waals surface area contributed by atoms with Gasteiger partial charge in [-0.3, -0.25) is 0 Å². The molecule has 0 atom stereocenters. The Bertz CT molecular complexity index is 1080. The molecule has 1 saturated heterocycles. The molecular formula is C21H21N5OS. The van der Waals surface area contributed by atoms with Gasteiger partial charge in [0, 0.05) is 23.7 Å². The highest BCUT2D eigenvalue weighted by Crippen LogP contribution is 2.40. The van der Waals surface area contributed by atoms with Crippen LogP contribution >= 0.6 is 11.3 Å². The number of rotatable bonds is 3. The van der Waals surface area contributed by atoms with Gasteiger partial charge in [-0.25, -0.2) is 9.97 Å². The Morgan fingerprint density at radius 3 is 2.89 bits per heavy atom. The fourth-order valence-corrected chi connectivity index (χ4v) is 5.47. The molecule has 1 aromatic carbocycles. The van der Waals surface area contributed by atoms with E-state index in [1.165, 1.54) is 16.9 Å². The van der Waals surface area contributed by atoms with Gasteiger partial charge in [0.15, 0.2) is 0 Å². The number of hydrogen-bond donors (Lipinski definition) is 2. The second-order valence-corrected chi connectivity index (χ2v) is 8.53. The molecule has 0 amide bonds. The number of aromatic nitrogens is 2. The van der Waals surface area contributed by atoms with Crippen molar-refractivity contribution < 1.29 is 5.11 Å². The molecule has 1 fully saturated rings. The Labute approximate surface area is 167 Å². The maximum Gasteiger partial charge on any atom is 0.142 e. The van der Waals surface area contributed by atoms with Gasteiger partial charge in [0.25, 0.3) is 0 Å². The topological polar surface area (TPSA) is 85.1 Å². The zero-order valence-corrected chi connectivity index (χ0v) is 16.3. The van der Waals surface area contributed by atoms with Crippen LogP contribution in [0.3, 0.4) is 0 Å². The van der Waals surface area contributed by atoms with E-state index in [2.05, 4.69) is 26.3 Å². The van der Waals surface area contributed by atoms with E-state index in [0.29, 0.717) is 5.56 Å². The summed E-state index contributed by atoms with van der Waals surface area (Å²) in [4.78, 5) is 13.6. The number of aliphatic hydroxyl groups is 1. The summed E-state index contributed by atoms with van der Waals surface area (Å²) < 4.78 is 0. The smallest absolute Gasteiger partial charge is 0.142 e. The summed E-state index contributed by atoms with van der Waals surface area (Å²) >= 11 is 1.77. The highest BCUT2D eigenvalue weighted by Gasteiger charge is 2.22. The van der Waals surface area contributed by atoms with Crippen molar-refractivity contribution in [3.05, 3.63) is 40.5 Å². The van der Waals surface area contributed by atoms with Gasteiger partial charge in [-0.2, -0.15) is 5.26 Å². The number of nitrogens with one attached hydrogen (secondary N) is 1. The first kappa shape index (κ1) is 17.4. The molecule has 2 N–H and O–H groups in total. The molecule has 5 rings (SSSR count). The highest BCUT2D eigenvalue weighted by atomic mass is 32.1. The minimum Gasteiger partial charge on any atom is -0.393 e. The lowest BCUT2D eigenvalue weighted by Gasteiger charge is -2.32. The average molecular weight is 392 g/mol. The molecule has 3 heterocycles. The Hall–Kier alpha value is -2.69. The third-order valence-electron chi connectivity index (χ3n) is 5.69. The maximum absolute atomic E-state index is 9.73. The van der Waals surface area contributed by atoms with Crippen molar-refractivity contribution in [1.82, 2.24) is 9.97 Å². The summed E-state index contributed by atoms with van der Waals surface area (Å²) in [5, 5.41) is 24.0. The first-order valence-electron chi connectivity index (χ1n) is 9.72. The minimum absolute atomic E-state index is 0.227. The fourth-order valence-electron chi connectivity index (χ4n) is 4.25. The highest BCUT2D eigenvalue weighted by molar-refractivity contribution is 7.19. The molecule has 0 bridgehead atoms. The molecule has 2 aliphatic rings. The van der Waals surface area contributed by atoms with E-state index >= 15 is 0 Å². The summed E-state index contributed by atoms with van der Waals surface area (Å²) in [5.41, 5.74) is 3.81. The Kier molecular flexibility index (Phi) is 4.38. The zero-order valence-electron chi connectivity index (χ0n) is 15.5. The molecule has 0 saturated carbocycles. The van der Waals surface area contributed by atoms with Gasteiger partial charge >= 0.3 is 0 Å². The molecule has 1 aliphatic heterocycles. The number of aryl methyl sites for hydroxylation is 2. The van der Waals surface area contributed by atoms with E-state index in [1.807, 2.05) is 18.2 Å². The lowest BCUT2D eigenvalue weighted by molar-refractivity contribution is 0.145. The van der Waals surface area contributed by atoms with Gasteiger partial charge in [-0.15, -0.1) is 11.3 Å². The lowest BCUT2D eigenvalue weighted by Crippen LogP contribution is -2.36. The second kappa shape index (κ2) is 7.04. The largest absolute Gasteiger partial charge is 0.393 e. The number of hydrogen-bond acceptors (Lipinski definition) is 7. The van der Waals surface area contributed by atoms with Crippen LogP contribution in [-0.4, -0.2) is 34.3 Å². The number of fused-ring (bicyclic) bond motifs is 3. The molecule has 7 heteroatoms. The standard InChI is InChI=1S/C21H21N5OS/c22-11-13-10-14(4-5-17(13)26-8-6-15(27)7-9-26)25-20-19-16-2-1-3-18(16)28-21(19)24-12-23-20/h4-5,10,12,15,27H,1-3,6-9H2,(H,23,24,25). The van der Waals surface area contributed by atoms with Crippen LogP contribution in [0.5, 0.6) is 0 Å². The van der Waals surface area contributed by atoms with Gasteiger partial charge in [0.05, 0.1) is 22.7 Å². The predicted octanol–water partition coefficient (Wildman–Crippen LogP) is 3.76. The van der Waals surface area contributed by atoms with Crippen LogP contribution in [0, 0.1) is 11.3 Å². The molecule has 0 spiro atoms. The van der Waals surface area contributed by atoms with Crippen molar-refractivity contribution in [1.29, 1.82) is 5.26 Å². The molecule has 0 unspecified atom stereocenters. The quantitative estimate of drug-likeness (QED) is 0.707. The first-order valence-corrected chi connectivity index (χ1v) is 10.5. The summed E-state index contributed by atoms with van der Waals surface area (Å²) in [6.45, 7) is 1.55. The lowest BCUT2D eigenvalue weighted by atomic mass is 10.0. The van der Waals surface area contributed by atoms with E-state index < -0.39 is 0 Å². The van der Waals surface area contributed by atoms with Crippen LogP contribution in [-0.2, 0) is 12.8 Å². The van der Waals surface area contributed by atoms with Gasteiger partial charge in [0.2, 0.25) is 0 Å². The first-order chi connectivity index (χ1) is 13.7. The number of benzene rings is 1. The fraction of sp³-hybridized carbons (Fsp3) is 0.381. The molecule has 2 aromatic heterocycles. The van der Waals surface area contributed by atoms with Gasteiger partial charge in [0.1, 0.15) is 23.0 Å². The summed E-state index contributed by atoms with van der Waals surface area (Å²) in [6, 6.07) is 8.22. The Balaban J connectivity index is 1.47. The number of aliphatic hydroxyl groups excluding tert-OH is 1. The molecule has 1 aliphatic carbocycles. The predicted molar refractivity (Wildman–Crippen MR) is 111 cm³/mol. The zero-order chi connectivity index (χ0) is 19.1. The van der Waals surface area contributed by atoms with E-state index in [-0.39, 0.29) is 6.10 Å². The average Bonchev–Trinajstić information content (AvgIpc) is 3.30. The van der Waals surface area contributed by atoms with Crippen molar-refractivity contribution >= 4 is 38.7 Å². The summed E-state index contributed by atoms with van der Waals surface area (Å²) in [7, 11) is 0. The van der Waals surface area contributed by atoms with E-state index in [0.717, 1.165) is 66.2 Å². The van der Waals surface area contributed by atoms with Gasteiger partial charge in [-0.1, -0.05) is 0 Å². The third kappa shape index (κ3) is 2.99. The summed E-state index contributed by atoms with van der Waals surface area (Å²) in [6.07, 6.45) is 6.28. The number of anilines is 3. The van der Waals surface area contributed by atoms with Crippen LogP contribution in [0.15, 0.2) is 24.5 Å². The molecule has 142 valence electrons. The number of thiophene rings is 1. The maximum atomic E-state index is 9.73. The van der Waals surface area contributed by atoms with Crippen LogP contribution in [0.2, 0.25) is 0 Å². The normalized spacial score (nSPS) is 16.9. The molecule has 0 radical (unpaired) electrons. The van der Waals surface area contributed by atoms with E-state index in [4.69, 9.17) is 0 Å². The van der Waals surface area contributed by atoms with Crippen LogP contribution < -0.4 is 10.2 Å². The third-order valence-corrected chi connectivity index (χ3v) is 6.89. The van der Waals surface area contributed by atoms with Gasteiger partial charge < -0.3 is 15.3 Å². The second-order valence-electron chi connectivity index (χ2n) is 7.45. The van der Waals surface area contributed by atoms with E-state index in [1.54, 1.807) is 17.7 Å². The van der Waals surface area contributed by atoms with Crippen molar-refractivity contribution in [2.24, 2.45) is 0 Å². The van der Waals surface area contributed by atoms with Crippen LogP contribution in [0.25, 0.3) is 10.2 Å². The van der Waals surface area contributed by atoms with Crippen molar-refractivity contribution in [2.75, 3.05) is 23.3 Å². The SMILES string of the molecule is N#Cc1cc(Nc2ncnc3sc4c(c23)CCC4)ccc1N1CCC(O)CC1. The van der Waals surface area contributed by atoms with Crippen molar-refractivity contribution in [3.8, 4) is 6.07 Å². The van der Waals surface area contributed by atoms with Crippen LogP contribution in [0.4, 0.5) is 17.2 Å². The monoisotopic (exact) mass is 391 g/mol. The summed E-state index contributed by atoms with van der Waals surface area (Å²) in [5.74, 6) is 0.821. The van der Waals surface area contributed by atoms with Crippen LogP contribution in [0.1, 0.15) is 35.3 Å². The molecule has 6 nitrogen and oxygen atoms in total. The molecule has 28 heavy (non-hydrogen) atoms. The number of piperidine rings is 1. The van der Waals surface area contributed by atoms with Crippen molar-refractivity contribution in [3.63, 3.8) is 0 Å². The number of nitriles is 1. The van der Waals surface area contributed by atoms with E-state index in [9.17, 15) is 10.4 Å². The Morgan fingerprint density at radius 2 is 2.07 bits per heavy atom. The minimum atomic E-state index is -0.227.